The predicted molar refractivity (Wildman–Crippen MR) is 143 cm³/mol. The number of rotatable bonds is 6. The summed E-state index contributed by atoms with van der Waals surface area (Å²) in [5.74, 6) is -0.258. The zero-order valence-corrected chi connectivity index (χ0v) is 19.6. The van der Waals surface area contributed by atoms with E-state index in [0.717, 1.165) is 73.4 Å². The van der Waals surface area contributed by atoms with Gasteiger partial charge in [-0.25, -0.2) is 4.39 Å². The van der Waals surface area contributed by atoms with Crippen LogP contribution in [0.3, 0.4) is 0 Å². The topological polar surface area (TPSA) is 82.3 Å². The number of H-pyrrole nitrogens is 2. The Bertz CT molecular complexity index is 1750. The second-order valence-corrected chi connectivity index (χ2v) is 8.69. The smallest absolute Gasteiger partial charge is 0.123 e. The highest BCUT2D eigenvalue weighted by atomic mass is 19.1. The zero-order chi connectivity index (χ0) is 24.6. The van der Waals surface area contributed by atoms with E-state index >= 15 is 0 Å². The number of aromatic nitrogens is 5. The number of nitrogens with one attached hydrogen (secondary N) is 3. The normalized spacial score (nSPS) is 11.3. The lowest BCUT2D eigenvalue weighted by Gasteiger charge is -2.08. The van der Waals surface area contributed by atoms with Gasteiger partial charge in [-0.05, 0) is 53.9 Å². The lowest BCUT2D eigenvalue weighted by atomic mass is 10.0. The minimum Gasteiger partial charge on any atom is -0.358 e. The van der Waals surface area contributed by atoms with E-state index in [1.54, 1.807) is 30.7 Å². The molecule has 36 heavy (non-hydrogen) atoms. The Morgan fingerprint density at radius 3 is 2.69 bits per heavy atom. The van der Waals surface area contributed by atoms with Crippen molar-refractivity contribution in [1.29, 1.82) is 0 Å². The minimum atomic E-state index is -0.258. The standard InChI is InChI=1S/C29H23FN6/c1-3-17(2)33-21-11-19(14-31-15-21)26-13-24-28(16-32-26)35-36-29(24)27-12-23-22(8-5-9-25(23)34-27)18-6-4-7-20(30)10-18/h4-16,33-34H,2-3H2,1H3,(H,35,36). The minimum absolute atomic E-state index is 0.258. The van der Waals surface area contributed by atoms with E-state index in [0.29, 0.717) is 0 Å². The maximum absolute atomic E-state index is 13.9. The molecule has 4 heterocycles. The predicted octanol–water partition coefficient (Wildman–Crippen LogP) is 7.31. The number of pyridine rings is 2. The molecule has 0 spiro atoms. The molecule has 6 aromatic rings. The van der Waals surface area contributed by atoms with Gasteiger partial charge in [-0.3, -0.25) is 15.1 Å². The summed E-state index contributed by atoms with van der Waals surface area (Å²) >= 11 is 0. The first kappa shape index (κ1) is 21.7. The Balaban J connectivity index is 1.43. The van der Waals surface area contributed by atoms with Crippen LogP contribution in [-0.2, 0) is 0 Å². The van der Waals surface area contributed by atoms with Crippen molar-refractivity contribution in [3.8, 4) is 33.8 Å². The third-order valence-electron chi connectivity index (χ3n) is 6.28. The summed E-state index contributed by atoms with van der Waals surface area (Å²) in [6, 6.07) is 18.7. The summed E-state index contributed by atoms with van der Waals surface area (Å²) in [4.78, 5) is 12.5. The molecule has 0 amide bonds. The van der Waals surface area contributed by atoms with Crippen LogP contribution in [0.2, 0.25) is 0 Å². The van der Waals surface area contributed by atoms with Gasteiger partial charge < -0.3 is 10.3 Å². The Morgan fingerprint density at radius 2 is 1.83 bits per heavy atom. The summed E-state index contributed by atoms with van der Waals surface area (Å²) in [7, 11) is 0. The molecule has 0 saturated carbocycles. The van der Waals surface area contributed by atoms with E-state index in [1.807, 2.05) is 43.3 Å². The van der Waals surface area contributed by atoms with Crippen LogP contribution in [0, 0.1) is 5.82 Å². The number of allylic oxidation sites excluding steroid dienone is 1. The molecule has 0 aliphatic carbocycles. The number of benzene rings is 2. The van der Waals surface area contributed by atoms with E-state index in [-0.39, 0.29) is 5.82 Å². The van der Waals surface area contributed by atoms with Crippen molar-refractivity contribution in [2.45, 2.75) is 13.3 Å². The van der Waals surface area contributed by atoms with Crippen molar-refractivity contribution in [3.63, 3.8) is 0 Å². The molecule has 176 valence electrons. The number of anilines is 1. The number of aromatic amines is 2. The van der Waals surface area contributed by atoms with Crippen molar-refractivity contribution in [3.05, 3.63) is 97.3 Å². The van der Waals surface area contributed by atoms with Gasteiger partial charge in [0.15, 0.2) is 0 Å². The molecule has 0 aliphatic heterocycles. The second-order valence-electron chi connectivity index (χ2n) is 8.69. The lowest BCUT2D eigenvalue weighted by Crippen LogP contribution is -1.97. The SMILES string of the molecule is C=C(CC)Nc1cncc(-c2cc3c(-c4cc5c(-c6cccc(F)c6)cccc5[nH]4)n[nH]c3cn2)c1. The molecule has 0 aliphatic rings. The van der Waals surface area contributed by atoms with Gasteiger partial charge in [-0.1, -0.05) is 37.8 Å². The van der Waals surface area contributed by atoms with Crippen molar-refractivity contribution >= 4 is 27.5 Å². The van der Waals surface area contributed by atoms with Crippen LogP contribution in [0.1, 0.15) is 13.3 Å². The first-order valence-corrected chi connectivity index (χ1v) is 11.7. The molecule has 7 heteroatoms. The van der Waals surface area contributed by atoms with Gasteiger partial charge in [-0.15, -0.1) is 0 Å². The van der Waals surface area contributed by atoms with E-state index in [9.17, 15) is 4.39 Å². The first-order chi connectivity index (χ1) is 17.6. The highest BCUT2D eigenvalue weighted by molar-refractivity contribution is 6.01. The second kappa shape index (κ2) is 8.78. The van der Waals surface area contributed by atoms with Crippen molar-refractivity contribution in [1.82, 2.24) is 25.1 Å². The largest absolute Gasteiger partial charge is 0.358 e. The third kappa shape index (κ3) is 3.90. The zero-order valence-electron chi connectivity index (χ0n) is 19.6. The maximum Gasteiger partial charge on any atom is 0.123 e. The van der Waals surface area contributed by atoms with Crippen LogP contribution < -0.4 is 5.32 Å². The molecule has 2 aromatic carbocycles. The number of hydrogen-bond donors (Lipinski definition) is 3. The Morgan fingerprint density at radius 1 is 0.944 bits per heavy atom. The lowest BCUT2D eigenvalue weighted by molar-refractivity contribution is 0.628. The van der Waals surface area contributed by atoms with Crippen molar-refractivity contribution < 1.29 is 4.39 Å². The third-order valence-corrected chi connectivity index (χ3v) is 6.28. The summed E-state index contributed by atoms with van der Waals surface area (Å²) < 4.78 is 13.9. The molecule has 0 saturated heterocycles. The molecular formula is C29H23FN6. The van der Waals surface area contributed by atoms with Crippen LogP contribution >= 0.6 is 0 Å². The Kier molecular flexibility index (Phi) is 5.30. The van der Waals surface area contributed by atoms with Crippen LogP contribution in [0.5, 0.6) is 0 Å². The molecule has 6 nitrogen and oxygen atoms in total. The van der Waals surface area contributed by atoms with E-state index < -0.39 is 0 Å². The maximum atomic E-state index is 13.9. The summed E-state index contributed by atoms with van der Waals surface area (Å²) in [5.41, 5.74) is 8.71. The monoisotopic (exact) mass is 474 g/mol. The van der Waals surface area contributed by atoms with Gasteiger partial charge in [0, 0.05) is 33.7 Å². The Labute approximate surface area is 206 Å². The molecule has 3 N–H and O–H groups in total. The number of halogens is 1. The van der Waals surface area contributed by atoms with E-state index in [4.69, 9.17) is 0 Å². The summed E-state index contributed by atoms with van der Waals surface area (Å²) in [6.45, 7) is 6.06. The van der Waals surface area contributed by atoms with Gasteiger partial charge in [0.2, 0.25) is 0 Å². The molecule has 4 aromatic heterocycles. The summed E-state index contributed by atoms with van der Waals surface area (Å²) in [6.07, 6.45) is 6.18. The van der Waals surface area contributed by atoms with Crippen molar-refractivity contribution in [2.24, 2.45) is 0 Å². The van der Waals surface area contributed by atoms with Crippen molar-refractivity contribution in [2.75, 3.05) is 5.32 Å². The molecule has 0 atom stereocenters. The van der Waals surface area contributed by atoms with E-state index in [1.165, 1.54) is 6.07 Å². The van der Waals surface area contributed by atoms with Crippen LogP contribution in [0.15, 0.2) is 91.5 Å². The molecule has 0 unspecified atom stereocenters. The van der Waals surface area contributed by atoms with Crippen LogP contribution in [0.4, 0.5) is 10.1 Å². The molecule has 0 radical (unpaired) electrons. The molecule has 0 bridgehead atoms. The van der Waals surface area contributed by atoms with Gasteiger partial charge in [-0.2, -0.15) is 5.10 Å². The quantitative estimate of drug-likeness (QED) is 0.236. The van der Waals surface area contributed by atoms with Crippen LogP contribution in [0.25, 0.3) is 55.6 Å². The fourth-order valence-corrected chi connectivity index (χ4v) is 4.41. The van der Waals surface area contributed by atoms with Gasteiger partial charge in [0.25, 0.3) is 0 Å². The Hall–Kier alpha value is -4.78. The highest BCUT2D eigenvalue weighted by Gasteiger charge is 2.15. The summed E-state index contributed by atoms with van der Waals surface area (Å²) in [5, 5.41) is 12.9. The van der Waals surface area contributed by atoms with Gasteiger partial charge in [0.1, 0.15) is 11.5 Å². The fraction of sp³-hybridized carbons (Fsp3) is 0.0690. The number of nitrogens with zero attached hydrogens (tertiary/aromatic N) is 3. The first-order valence-electron chi connectivity index (χ1n) is 11.7. The molecular weight excluding hydrogens is 451 g/mol. The highest BCUT2D eigenvalue weighted by Crippen LogP contribution is 2.35. The molecule has 0 fully saturated rings. The average molecular weight is 475 g/mol. The van der Waals surface area contributed by atoms with Gasteiger partial charge in [0.05, 0.1) is 35.0 Å². The van der Waals surface area contributed by atoms with Gasteiger partial charge >= 0.3 is 0 Å². The number of fused-ring (bicyclic) bond motifs is 2. The van der Waals surface area contributed by atoms with Crippen LogP contribution in [-0.4, -0.2) is 25.1 Å². The fourth-order valence-electron chi connectivity index (χ4n) is 4.41. The molecule has 6 rings (SSSR count). The average Bonchev–Trinajstić information content (AvgIpc) is 3.52. The number of hydrogen-bond acceptors (Lipinski definition) is 4. The van der Waals surface area contributed by atoms with E-state index in [2.05, 4.69) is 43.1 Å².